The van der Waals surface area contributed by atoms with Crippen molar-refractivity contribution in [3.05, 3.63) is 44.1 Å². The molecular weight excluding hydrogens is 328 g/mol. The highest BCUT2D eigenvalue weighted by Crippen LogP contribution is 2.41. The maximum Gasteiger partial charge on any atom is 0.175 e. The lowest BCUT2D eigenvalue weighted by Crippen LogP contribution is -2.16. The Labute approximate surface area is 123 Å². The molecule has 0 spiro atoms. The molecule has 3 nitrogen and oxygen atoms in total. The van der Waals surface area contributed by atoms with Crippen LogP contribution in [0.25, 0.3) is 0 Å². The molecule has 100 valence electrons. The second-order valence-electron chi connectivity index (χ2n) is 4.40. The van der Waals surface area contributed by atoms with Gasteiger partial charge in [0.2, 0.25) is 0 Å². The summed E-state index contributed by atoms with van der Waals surface area (Å²) in [5.74, 6) is 1.40. The molecule has 0 aliphatic carbocycles. The van der Waals surface area contributed by atoms with Crippen LogP contribution in [0.4, 0.5) is 0 Å². The van der Waals surface area contributed by atoms with Crippen molar-refractivity contribution in [3.8, 4) is 11.5 Å². The van der Waals surface area contributed by atoms with E-state index in [-0.39, 0.29) is 0 Å². The second kappa shape index (κ2) is 5.15. The van der Waals surface area contributed by atoms with Gasteiger partial charge in [0.15, 0.2) is 11.5 Å². The van der Waals surface area contributed by atoms with Crippen molar-refractivity contribution < 1.29 is 14.6 Å². The third kappa shape index (κ3) is 2.38. The van der Waals surface area contributed by atoms with E-state index in [0.717, 1.165) is 20.5 Å². The summed E-state index contributed by atoms with van der Waals surface area (Å²) >= 11 is 5.03. The van der Waals surface area contributed by atoms with Crippen LogP contribution in [0.3, 0.4) is 0 Å². The molecule has 2 aromatic rings. The summed E-state index contributed by atoms with van der Waals surface area (Å²) in [4.78, 5) is 0.962. The molecule has 2 heterocycles. The summed E-state index contributed by atoms with van der Waals surface area (Å²) < 4.78 is 11.9. The molecule has 0 amide bonds. The first-order chi connectivity index (χ1) is 9.16. The highest BCUT2D eigenvalue weighted by molar-refractivity contribution is 9.10. The Kier molecular flexibility index (Phi) is 3.52. The molecule has 1 aliphatic rings. The van der Waals surface area contributed by atoms with Crippen molar-refractivity contribution >= 4 is 27.3 Å². The van der Waals surface area contributed by atoms with E-state index in [2.05, 4.69) is 15.9 Å². The van der Waals surface area contributed by atoms with Crippen LogP contribution in [0.2, 0.25) is 0 Å². The number of rotatable bonds is 2. The minimum atomic E-state index is -0.632. The smallest absolute Gasteiger partial charge is 0.175 e. The summed E-state index contributed by atoms with van der Waals surface area (Å²) in [6.07, 6.45) is -0.632. The van der Waals surface area contributed by atoms with E-state index in [9.17, 15) is 5.11 Å². The molecule has 0 fully saturated rings. The lowest BCUT2D eigenvalue weighted by molar-refractivity contribution is 0.168. The number of aliphatic hydroxyl groups excluding tert-OH is 1. The largest absolute Gasteiger partial charge is 0.486 e. The maximum atomic E-state index is 10.5. The molecule has 0 radical (unpaired) electrons. The van der Waals surface area contributed by atoms with Gasteiger partial charge in [-0.1, -0.05) is 0 Å². The Balaban J connectivity index is 2.02. The van der Waals surface area contributed by atoms with Crippen molar-refractivity contribution in [1.82, 2.24) is 0 Å². The number of thiophene rings is 1. The van der Waals surface area contributed by atoms with Crippen LogP contribution in [0.5, 0.6) is 11.5 Å². The van der Waals surface area contributed by atoms with Gasteiger partial charge in [-0.3, -0.25) is 0 Å². The molecule has 0 bridgehead atoms. The van der Waals surface area contributed by atoms with Crippen molar-refractivity contribution in [2.75, 3.05) is 13.2 Å². The predicted molar refractivity (Wildman–Crippen MR) is 78.2 cm³/mol. The zero-order valence-corrected chi connectivity index (χ0v) is 12.8. The predicted octanol–water partition coefficient (Wildman–Crippen LogP) is 3.67. The Morgan fingerprint density at radius 3 is 2.84 bits per heavy atom. The summed E-state index contributed by atoms with van der Waals surface area (Å²) in [6.45, 7) is 3.09. The van der Waals surface area contributed by atoms with Gasteiger partial charge < -0.3 is 14.6 Å². The molecule has 1 aromatic heterocycles. The van der Waals surface area contributed by atoms with E-state index in [1.54, 1.807) is 11.3 Å². The van der Waals surface area contributed by atoms with Crippen LogP contribution in [0.1, 0.15) is 22.1 Å². The lowest BCUT2D eigenvalue weighted by atomic mass is 10.0. The monoisotopic (exact) mass is 340 g/mol. The Morgan fingerprint density at radius 2 is 2.11 bits per heavy atom. The zero-order chi connectivity index (χ0) is 13.4. The molecule has 3 rings (SSSR count). The number of hydrogen-bond acceptors (Lipinski definition) is 4. The number of ether oxygens (including phenoxy) is 2. The van der Waals surface area contributed by atoms with Crippen molar-refractivity contribution in [1.29, 1.82) is 0 Å². The van der Waals surface area contributed by atoms with Crippen LogP contribution in [0.15, 0.2) is 28.1 Å². The number of fused-ring (bicyclic) bond motifs is 1. The van der Waals surface area contributed by atoms with Gasteiger partial charge in [-0.15, -0.1) is 11.3 Å². The number of hydrogen-bond donors (Lipinski definition) is 1. The SMILES string of the molecule is Cc1ccsc1C(O)c1cc(Br)c2c(c1)OCCO2. The average Bonchev–Trinajstić information content (AvgIpc) is 2.84. The molecule has 1 unspecified atom stereocenters. The van der Waals surface area contributed by atoms with Crippen molar-refractivity contribution in [3.63, 3.8) is 0 Å². The van der Waals surface area contributed by atoms with Gasteiger partial charge in [0, 0.05) is 4.88 Å². The number of halogens is 1. The van der Waals surface area contributed by atoms with Gasteiger partial charge in [-0.2, -0.15) is 0 Å². The van der Waals surface area contributed by atoms with Gasteiger partial charge in [-0.25, -0.2) is 0 Å². The van der Waals surface area contributed by atoms with Crippen LogP contribution in [-0.4, -0.2) is 18.3 Å². The standard InChI is InChI=1S/C14H13BrO3S/c1-8-2-5-19-14(8)12(16)9-6-10(15)13-11(7-9)17-3-4-18-13/h2,5-7,12,16H,3-4H2,1H3. The maximum absolute atomic E-state index is 10.5. The Hall–Kier alpha value is -1.04. The molecule has 1 aromatic carbocycles. The van der Waals surface area contributed by atoms with Gasteiger partial charge in [0.05, 0.1) is 4.47 Å². The molecule has 1 aliphatic heterocycles. The van der Waals surface area contributed by atoms with E-state index in [0.29, 0.717) is 24.7 Å². The normalized spacial score (nSPS) is 15.3. The van der Waals surface area contributed by atoms with E-state index >= 15 is 0 Å². The van der Waals surface area contributed by atoms with Crippen LogP contribution in [0, 0.1) is 6.92 Å². The summed E-state index contributed by atoms with van der Waals surface area (Å²) in [5, 5.41) is 12.5. The van der Waals surface area contributed by atoms with Gasteiger partial charge >= 0.3 is 0 Å². The van der Waals surface area contributed by atoms with Crippen LogP contribution in [-0.2, 0) is 0 Å². The number of aryl methyl sites for hydroxylation is 1. The first-order valence-corrected chi connectivity index (χ1v) is 7.65. The Morgan fingerprint density at radius 1 is 1.32 bits per heavy atom. The molecule has 1 N–H and O–H groups in total. The summed E-state index contributed by atoms with van der Waals surface area (Å²) in [7, 11) is 0. The van der Waals surface area contributed by atoms with Crippen molar-refractivity contribution in [2.45, 2.75) is 13.0 Å². The van der Waals surface area contributed by atoms with E-state index in [1.807, 2.05) is 30.5 Å². The van der Waals surface area contributed by atoms with Gasteiger partial charge in [-0.05, 0) is 57.6 Å². The van der Waals surface area contributed by atoms with Gasteiger partial charge in [0.25, 0.3) is 0 Å². The topological polar surface area (TPSA) is 38.7 Å². The molecular formula is C14H13BrO3S. The van der Waals surface area contributed by atoms with Crippen LogP contribution < -0.4 is 9.47 Å². The first kappa shape index (κ1) is 13.0. The minimum absolute atomic E-state index is 0.539. The highest BCUT2D eigenvalue weighted by Gasteiger charge is 2.21. The summed E-state index contributed by atoms with van der Waals surface area (Å²) in [6, 6.07) is 5.75. The molecule has 19 heavy (non-hydrogen) atoms. The van der Waals surface area contributed by atoms with E-state index < -0.39 is 6.10 Å². The fraction of sp³-hybridized carbons (Fsp3) is 0.286. The second-order valence-corrected chi connectivity index (χ2v) is 6.20. The van der Waals surface area contributed by atoms with Crippen molar-refractivity contribution in [2.24, 2.45) is 0 Å². The zero-order valence-electron chi connectivity index (χ0n) is 10.4. The molecule has 0 saturated heterocycles. The quantitative estimate of drug-likeness (QED) is 0.906. The van der Waals surface area contributed by atoms with Gasteiger partial charge in [0.1, 0.15) is 19.3 Å². The fourth-order valence-corrected chi connectivity index (χ4v) is 3.62. The fourth-order valence-electron chi connectivity index (χ4n) is 2.10. The van der Waals surface area contributed by atoms with Crippen LogP contribution >= 0.6 is 27.3 Å². The average molecular weight is 341 g/mol. The highest BCUT2D eigenvalue weighted by atomic mass is 79.9. The first-order valence-electron chi connectivity index (χ1n) is 5.98. The number of aliphatic hydroxyl groups is 1. The molecule has 1 atom stereocenters. The van der Waals surface area contributed by atoms with E-state index in [4.69, 9.17) is 9.47 Å². The third-order valence-corrected chi connectivity index (χ3v) is 4.75. The Bertz CT molecular complexity index is 609. The lowest BCUT2D eigenvalue weighted by Gasteiger charge is -2.21. The summed E-state index contributed by atoms with van der Waals surface area (Å²) in [5.41, 5.74) is 1.91. The number of benzene rings is 1. The van der Waals surface area contributed by atoms with E-state index in [1.165, 1.54) is 0 Å². The minimum Gasteiger partial charge on any atom is -0.486 e. The molecule has 0 saturated carbocycles. The molecule has 5 heteroatoms. The third-order valence-electron chi connectivity index (χ3n) is 3.08.